The molecule has 0 spiro atoms. The van der Waals surface area contributed by atoms with Crippen molar-refractivity contribution in [2.75, 3.05) is 19.7 Å². The molecule has 1 atom stereocenters. The molecule has 1 aromatic rings. The van der Waals surface area contributed by atoms with E-state index >= 15 is 0 Å². The van der Waals surface area contributed by atoms with Crippen LogP contribution in [0.4, 0.5) is 0 Å². The van der Waals surface area contributed by atoms with Gasteiger partial charge in [0.2, 0.25) is 11.8 Å². The van der Waals surface area contributed by atoms with Crippen molar-refractivity contribution in [3.8, 4) is 0 Å². The minimum absolute atomic E-state index is 0.290. The smallest absolute Gasteiger partial charge is 0.230 e. The van der Waals surface area contributed by atoms with Crippen molar-refractivity contribution < 1.29 is 9.15 Å². The highest BCUT2D eigenvalue weighted by atomic mass is 16.5. The molecule has 1 aromatic heterocycles. The van der Waals surface area contributed by atoms with E-state index in [1.807, 2.05) is 0 Å². The number of rotatable bonds is 6. The predicted molar refractivity (Wildman–Crippen MR) is 72.9 cm³/mol. The van der Waals surface area contributed by atoms with Gasteiger partial charge in [-0.25, -0.2) is 0 Å². The van der Waals surface area contributed by atoms with E-state index in [0.29, 0.717) is 12.0 Å². The van der Waals surface area contributed by atoms with E-state index in [1.165, 1.54) is 12.8 Å². The standard InChI is InChI=1S/C14H25N3O2/c1-4-17(9-12-7-5-6-8-18-12)10-13-15-16-14(19-13)11(2)3/h11-12H,4-10H2,1-3H3/t12-/m1/s1. The third kappa shape index (κ3) is 4.28. The van der Waals surface area contributed by atoms with Gasteiger partial charge in [0.15, 0.2) is 0 Å². The number of hydrogen-bond donors (Lipinski definition) is 0. The van der Waals surface area contributed by atoms with Gasteiger partial charge in [0.05, 0.1) is 12.6 Å². The maximum Gasteiger partial charge on any atom is 0.230 e. The Morgan fingerprint density at radius 3 is 2.74 bits per heavy atom. The highest BCUT2D eigenvalue weighted by Gasteiger charge is 2.19. The number of aromatic nitrogens is 2. The third-order valence-corrected chi connectivity index (χ3v) is 3.52. The van der Waals surface area contributed by atoms with Crippen LogP contribution in [-0.4, -0.2) is 40.9 Å². The Labute approximate surface area is 115 Å². The second kappa shape index (κ2) is 7.01. The fourth-order valence-electron chi connectivity index (χ4n) is 2.30. The Morgan fingerprint density at radius 2 is 2.16 bits per heavy atom. The molecular formula is C14H25N3O2. The van der Waals surface area contributed by atoms with Crippen LogP contribution in [-0.2, 0) is 11.3 Å². The summed E-state index contributed by atoms with van der Waals surface area (Å²) in [4.78, 5) is 2.31. The molecule has 1 aliphatic heterocycles. The molecule has 0 N–H and O–H groups in total. The largest absolute Gasteiger partial charge is 0.424 e. The van der Waals surface area contributed by atoms with Crippen LogP contribution in [0.2, 0.25) is 0 Å². The zero-order valence-corrected chi connectivity index (χ0v) is 12.3. The molecule has 2 rings (SSSR count). The molecule has 5 nitrogen and oxygen atoms in total. The molecular weight excluding hydrogens is 242 g/mol. The summed E-state index contributed by atoms with van der Waals surface area (Å²) in [6.07, 6.45) is 4.00. The average Bonchev–Trinajstić information content (AvgIpc) is 2.88. The lowest BCUT2D eigenvalue weighted by molar-refractivity contribution is -0.00747. The van der Waals surface area contributed by atoms with Gasteiger partial charge in [-0.05, 0) is 25.8 Å². The van der Waals surface area contributed by atoms with Crippen molar-refractivity contribution in [2.45, 2.75) is 58.6 Å². The van der Waals surface area contributed by atoms with Gasteiger partial charge < -0.3 is 9.15 Å². The van der Waals surface area contributed by atoms with E-state index in [4.69, 9.17) is 9.15 Å². The van der Waals surface area contributed by atoms with Gasteiger partial charge in [-0.15, -0.1) is 10.2 Å². The molecule has 1 fully saturated rings. The van der Waals surface area contributed by atoms with Crippen molar-refractivity contribution in [3.63, 3.8) is 0 Å². The molecule has 2 heterocycles. The molecule has 0 radical (unpaired) electrons. The SMILES string of the molecule is CCN(Cc1nnc(C(C)C)o1)C[C@H]1CCCCO1. The monoisotopic (exact) mass is 267 g/mol. The lowest BCUT2D eigenvalue weighted by atomic mass is 10.1. The zero-order valence-electron chi connectivity index (χ0n) is 12.3. The van der Waals surface area contributed by atoms with Crippen LogP contribution < -0.4 is 0 Å². The van der Waals surface area contributed by atoms with Gasteiger partial charge in [-0.3, -0.25) is 4.90 Å². The van der Waals surface area contributed by atoms with E-state index in [2.05, 4.69) is 35.9 Å². The molecule has 0 aliphatic carbocycles. The molecule has 108 valence electrons. The number of hydrogen-bond acceptors (Lipinski definition) is 5. The summed E-state index contributed by atoms with van der Waals surface area (Å²) in [5.41, 5.74) is 0. The van der Waals surface area contributed by atoms with Crippen molar-refractivity contribution in [1.82, 2.24) is 15.1 Å². The molecule has 0 aromatic carbocycles. The van der Waals surface area contributed by atoms with Crippen molar-refractivity contribution in [1.29, 1.82) is 0 Å². The van der Waals surface area contributed by atoms with E-state index < -0.39 is 0 Å². The summed E-state index contributed by atoms with van der Waals surface area (Å²) >= 11 is 0. The maximum atomic E-state index is 5.78. The van der Waals surface area contributed by atoms with Crippen LogP contribution in [0.1, 0.15) is 57.7 Å². The molecule has 1 aliphatic rings. The summed E-state index contributed by atoms with van der Waals surface area (Å²) in [6, 6.07) is 0. The first-order valence-corrected chi connectivity index (χ1v) is 7.35. The van der Waals surface area contributed by atoms with E-state index in [-0.39, 0.29) is 5.92 Å². The summed E-state index contributed by atoms with van der Waals surface area (Å²) in [6.45, 7) is 9.82. The van der Waals surface area contributed by atoms with Crippen LogP contribution in [0.15, 0.2) is 4.42 Å². The first-order valence-electron chi connectivity index (χ1n) is 7.35. The van der Waals surface area contributed by atoms with Gasteiger partial charge in [0.25, 0.3) is 0 Å². The van der Waals surface area contributed by atoms with Crippen molar-refractivity contribution >= 4 is 0 Å². The van der Waals surface area contributed by atoms with Crippen LogP contribution in [0.5, 0.6) is 0 Å². The predicted octanol–water partition coefficient (Wildman–Crippen LogP) is 2.58. The van der Waals surface area contributed by atoms with Crippen molar-refractivity contribution in [2.24, 2.45) is 0 Å². The highest BCUT2D eigenvalue weighted by molar-refractivity contribution is 4.87. The van der Waals surface area contributed by atoms with Gasteiger partial charge in [-0.1, -0.05) is 20.8 Å². The highest BCUT2D eigenvalue weighted by Crippen LogP contribution is 2.16. The Hall–Kier alpha value is -0.940. The van der Waals surface area contributed by atoms with Gasteiger partial charge in [-0.2, -0.15) is 0 Å². The van der Waals surface area contributed by atoms with E-state index in [1.54, 1.807) is 0 Å². The summed E-state index contributed by atoms with van der Waals surface area (Å²) < 4.78 is 11.4. The van der Waals surface area contributed by atoms with E-state index in [0.717, 1.165) is 38.6 Å². The molecule has 19 heavy (non-hydrogen) atoms. The zero-order chi connectivity index (χ0) is 13.7. The minimum atomic E-state index is 0.290. The Balaban J connectivity index is 1.86. The second-order valence-electron chi connectivity index (χ2n) is 5.51. The molecule has 1 saturated heterocycles. The van der Waals surface area contributed by atoms with Gasteiger partial charge in [0, 0.05) is 19.1 Å². The van der Waals surface area contributed by atoms with Gasteiger partial charge in [0.1, 0.15) is 0 Å². The summed E-state index contributed by atoms with van der Waals surface area (Å²) in [7, 11) is 0. The van der Waals surface area contributed by atoms with E-state index in [9.17, 15) is 0 Å². The second-order valence-corrected chi connectivity index (χ2v) is 5.51. The van der Waals surface area contributed by atoms with Gasteiger partial charge >= 0.3 is 0 Å². The fraction of sp³-hybridized carbons (Fsp3) is 0.857. The normalized spacial score (nSPS) is 20.4. The Morgan fingerprint density at radius 1 is 1.32 bits per heavy atom. The summed E-state index contributed by atoms with van der Waals surface area (Å²) in [5, 5.41) is 8.19. The fourth-order valence-corrected chi connectivity index (χ4v) is 2.30. The average molecular weight is 267 g/mol. The third-order valence-electron chi connectivity index (χ3n) is 3.52. The molecule has 0 bridgehead atoms. The minimum Gasteiger partial charge on any atom is -0.424 e. The topological polar surface area (TPSA) is 51.4 Å². The molecule has 0 saturated carbocycles. The number of nitrogens with zero attached hydrogens (tertiary/aromatic N) is 3. The number of likely N-dealkylation sites (N-methyl/N-ethyl adjacent to an activating group) is 1. The van der Waals surface area contributed by atoms with Crippen LogP contribution in [0.3, 0.4) is 0 Å². The van der Waals surface area contributed by atoms with Crippen LogP contribution in [0.25, 0.3) is 0 Å². The first kappa shape index (κ1) is 14.5. The van der Waals surface area contributed by atoms with Crippen molar-refractivity contribution in [3.05, 3.63) is 11.8 Å². The summed E-state index contributed by atoms with van der Waals surface area (Å²) in [5.74, 6) is 1.72. The maximum absolute atomic E-state index is 5.78. The quantitative estimate of drug-likeness (QED) is 0.793. The first-order chi connectivity index (χ1) is 9.19. The molecule has 5 heteroatoms. The lowest BCUT2D eigenvalue weighted by Crippen LogP contribution is -2.35. The number of ether oxygens (including phenoxy) is 1. The van der Waals surface area contributed by atoms with Crippen LogP contribution in [0, 0.1) is 0 Å². The lowest BCUT2D eigenvalue weighted by Gasteiger charge is -2.28. The Bertz CT molecular complexity index is 373. The molecule has 0 amide bonds. The van der Waals surface area contributed by atoms with Crippen LogP contribution >= 0.6 is 0 Å². The molecule has 0 unspecified atom stereocenters. The Kier molecular flexibility index (Phi) is 5.34.